The summed E-state index contributed by atoms with van der Waals surface area (Å²) in [5.41, 5.74) is 1.46. The second-order valence-electron chi connectivity index (χ2n) is 6.89. The molecular weight excluding hydrogens is 302 g/mol. The summed E-state index contributed by atoms with van der Waals surface area (Å²) >= 11 is 0. The van der Waals surface area contributed by atoms with Crippen molar-refractivity contribution < 1.29 is 18.8 Å². The van der Waals surface area contributed by atoms with E-state index in [1.807, 2.05) is 0 Å². The molecule has 1 aromatic rings. The van der Waals surface area contributed by atoms with Crippen molar-refractivity contribution in [2.45, 2.75) is 45.1 Å². The summed E-state index contributed by atoms with van der Waals surface area (Å²) in [5.74, 6) is -2.48. The van der Waals surface area contributed by atoms with E-state index >= 15 is 0 Å². The van der Waals surface area contributed by atoms with Gasteiger partial charge in [-0.05, 0) is 43.4 Å². The molecule has 2 aliphatic rings. The van der Waals surface area contributed by atoms with Crippen LogP contribution in [0.2, 0.25) is 0 Å². The number of nitrogens with zero attached hydrogens (tertiary/aromatic N) is 1. The summed E-state index contributed by atoms with van der Waals surface area (Å²) in [4.78, 5) is 13.4. The molecule has 1 saturated carbocycles. The molecule has 1 amide bonds. The van der Waals surface area contributed by atoms with Gasteiger partial charge in [-0.1, -0.05) is 19.3 Å². The van der Waals surface area contributed by atoms with Gasteiger partial charge in [0, 0.05) is 18.7 Å². The van der Waals surface area contributed by atoms with Crippen LogP contribution in [-0.4, -0.2) is 29.1 Å². The summed E-state index contributed by atoms with van der Waals surface area (Å²) in [6.07, 6.45) is 7.42. The van der Waals surface area contributed by atoms with Crippen molar-refractivity contribution in [3.63, 3.8) is 0 Å². The first-order chi connectivity index (χ1) is 11.0. The fourth-order valence-corrected chi connectivity index (χ4v) is 4.06. The number of likely N-dealkylation sites (tertiary alicyclic amines) is 1. The van der Waals surface area contributed by atoms with Crippen LogP contribution in [-0.2, 0) is 6.54 Å². The minimum absolute atomic E-state index is 0.254. The highest BCUT2D eigenvalue weighted by atomic mass is 19.1. The van der Waals surface area contributed by atoms with E-state index in [4.69, 9.17) is 5.21 Å². The smallest absolute Gasteiger partial charge is 0.277 e. The van der Waals surface area contributed by atoms with Gasteiger partial charge in [0.05, 0.1) is 5.56 Å². The van der Waals surface area contributed by atoms with Crippen LogP contribution in [0.15, 0.2) is 12.1 Å². The first-order valence-corrected chi connectivity index (χ1v) is 8.18. The molecular formula is C17H22F2N2O2. The molecule has 1 spiro atoms. The molecule has 1 aromatic carbocycles. The molecule has 4 nitrogen and oxygen atoms in total. The minimum atomic E-state index is -1.05. The SMILES string of the molecule is O=C(NO)c1cc(F)c(CN2CCC3(CCCCC3)C2)cc1F. The monoisotopic (exact) mass is 324 g/mol. The molecule has 3 rings (SSSR count). The van der Waals surface area contributed by atoms with Gasteiger partial charge >= 0.3 is 0 Å². The van der Waals surface area contributed by atoms with Crippen LogP contribution in [0.3, 0.4) is 0 Å². The lowest BCUT2D eigenvalue weighted by atomic mass is 9.73. The molecule has 1 heterocycles. The zero-order valence-electron chi connectivity index (χ0n) is 13.1. The average molecular weight is 324 g/mol. The molecule has 0 aromatic heterocycles. The van der Waals surface area contributed by atoms with Gasteiger partial charge in [0.1, 0.15) is 11.6 Å². The van der Waals surface area contributed by atoms with E-state index in [9.17, 15) is 13.6 Å². The number of carbonyl (C=O) groups is 1. The number of hydrogen-bond donors (Lipinski definition) is 2. The van der Waals surface area contributed by atoms with E-state index in [-0.39, 0.29) is 5.56 Å². The second-order valence-corrected chi connectivity index (χ2v) is 6.89. The van der Waals surface area contributed by atoms with Gasteiger partial charge < -0.3 is 0 Å². The maximum atomic E-state index is 14.2. The van der Waals surface area contributed by atoms with Crippen molar-refractivity contribution in [2.75, 3.05) is 13.1 Å². The Morgan fingerprint density at radius 1 is 1.17 bits per heavy atom. The number of amides is 1. The Balaban J connectivity index is 1.71. The average Bonchev–Trinajstić information content (AvgIpc) is 2.92. The number of nitrogens with one attached hydrogen (secondary N) is 1. The van der Waals surface area contributed by atoms with E-state index in [1.54, 1.807) is 0 Å². The summed E-state index contributed by atoms with van der Waals surface area (Å²) in [7, 11) is 0. The Labute approximate surface area is 134 Å². The third-order valence-corrected chi connectivity index (χ3v) is 5.31. The highest BCUT2D eigenvalue weighted by Gasteiger charge is 2.38. The van der Waals surface area contributed by atoms with Crippen LogP contribution in [0.1, 0.15) is 54.4 Å². The van der Waals surface area contributed by atoms with E-state index < -0.39 is 23.1 Å². The van der Waals surface area contributed by atoms with Gasteiger partial charge in [0.2, 0.25) is 0 Å². The number of hydrogen-bond acceptors (Lipinski definition) is 3. The third-order valence-electron chi connectivity index (χ3n) is 5.31. The Kier molecular flexibility index (Phi) is 4.64. The van der Waals surface area contributed by atoms with Gasteiger partial charge in [0.25, 0.3) is 5.91 Å². The Morgan fingerprint density at radius 2 is 1.91 bits per heavy atom. The lowest BCUT2D eigenvalue weighted by molar-refractivity contribution is 0.0701. The molecule has 6 heteroatoms. The lowest BCUT2D eigenvalue weighted by Gasteiger charge is -2.33. The maximum absolute atomic E-state index is 14.2. The molecule has 126 valence electrons. The van der Waals surface area contributed by atoms with Gasteiger partial charge in [-0.25, -0.2) is 14.3 Å². The largest absolute Gasteiger partial charge is 0.298 e. The van der Waals surface area contributed by atoms with E-state index in [1.165, 1.54) is 37.6 Å². The Hall–Kier alpha value is -1.53. The fourth-order valence-electron chi connectivity index (χ4n) is 4.06. The summed E-state index contributed by atoms with van der Waals surface area (Å²) < 4.78 is 28.1. The molecule has 0 bridgehead atoms. The Bertz CT molecular complexity index is 601. The van der Waals surface area contributed by atoms with Crippen LogP contribution < -0.4 is 5.48 Å². The number of carbonyl (C=O) groups excluding carboxylic acids is 1. The summed E-state index contributed by atoms with van der Waals surface area (Å²) in [6, 6.07) is 1.91. The zero-order chi connectivity index (χ0) is 16.4. The minimum Gasteiger partial charge on any atom is -0.298 e. The van der Waals surface area contributed by atoms with Crippen molar-refractivity contribution in [3.05, 3.63) is 34.9 Å². The number of hydroxylamine groups is 1. The van der Waals surface area contributed by atoms with Crippen LogP contribution in [0.4, 0.5) is 8.78 Å². The van der Waals surface area contributed by atoms with Crippen LogP contribution in [0.5, 0.6) is 0 Å². The molecule has 23 heavy (non-hydrogen) atoms. The predicted molar refractivity (Wildman–Crippen MR) is 81.0 cm³/mol. The fraction of sp³-hybridized carbons (Fsp3) is 0.588. The van der Waals surface area contributed by atoms with Crippen molar-refractivity contribution in [1.29, 1.82) is 0 Å². The van der Waals surface area contributed by atoms with Crippen molar-refractivity contribution in [1.82, 2.24) is 10.4 Å². The summed E-state index contributed by atoms with van der Waals surface area (Å²) in [6.45, 7) is 2.19. The molecule has 1 aliphatic carbocycles. The maximum Gasteiger partial charge on any atom is 0.277 e. The van der Waals surface area contributed by atoms with Gasteiger partial charge in [0.15, 0.2) is 0 Å². The highest BCUT2D eigenvalue weighted by molar-refractivity contribution is 5.93. The molecule has 2 fully saturated rings. The first kappa shape index (κ1) is 16.3. The molecule has 0 unspecified atom stereocenters. The quantitative estimate of drug-likeness (QED) is 0.663. The van der Waals surface area contributed by atoms with E-state index in [2.05, 4.69) is 4.90 Å². The number of rotatable bonds is 3. The highest BCUT2D eigenvalue weighted by Crippen LogP contribution is 2.44. The van der Waals surface area contributed by atoms with Gasteiger partial charge in [-0.15, -0.1) is 0 Å². The summed E-state index contributed by atoms with van der Waals surface area (Å²) in [5, 5.41) is 8.55. The standard InChI is InChI=1S/C17H22F2N2O2/c18-14-9-13(16(22)20-23)15(19)8-12(14)10-21-7-6-17(11-21)4-2-1-3-5-17/h8-9,23H,1-7,10-11H2,(H,20,22). The molecule has 1 aliphatic heterocycles. The lowest BCUT2D eigenvalue weighted by Crippen LogP contribution is -2.29. The van der Waals surface area contributed by atoms with Crippen LogP contribution in [0.25, 0.3) is 0 Å². The molecule has 0 atom stereocenters. The van der Waals surface area contributed by atoms with Crippen molar-refractivity contribution in [2.24, 2.45) is 5.41 Å². The number of benzene rings is 1. The van der Waals surface area contributed by atoms with Gasteiger partial charge in [-0.2, -0.15) is 0 Å². The Morgan fingerprint density at radius 3 is 2.61 bits per heavy atom. The predicted octanol–water partition coefficient (Wildman–Crippen LogP) is 3.24. The van der Waals surface area contributed by atoms with E-state index in [0.717, 1.165) is 31.6 Å². The second kappa shape index (κ2) is 6.53. The number of halogens is 2. The van der Waals surface area contributed by atoms with E-state index in [0.29, 0.717) is 12.0 Å². The third kappa shape index (κ3) is 3.38. The van der Waals surface area contributed by atoms with Crippen LogP contribution >= 0.6 is 0 Å². The van der Waals surface area contributed by atoms with Crippen LogP contribution in [0, 0.1) is 17.0 Å². The molecule has 0 radical (unpaired) electrons. The topological polar surface area (TPSA) is 52.6 Å². The van der Waals surface area contributed by atoms with Crippen molar-refractivity contribution in [3.8, 4) is 0 Å². The zero-order valence-corrected chi connectivity index (χ0v) is 13.1. The molecule has 1 saturated heterocycles. The van der Waals surface area contributed by atoms with Gasteiger partial charge in [-0.3, -0.25) is 14.9 Å². The van der Waals surface area contributed by atoms with Crippen molar-refractivity contribution >= 4 is 5.91 Å². The molecule has 2 N–H and O–H groups in total. The normalized spacial score (nSPS) is 20.8. The first-order valence-electron chi connectivity index (χ1n) is 8.18.